The number of hydrogen-bond donors (Lipinski definition) is 2. The summed E-state index contributed by atoms with van der Waals surface area (Å²) in [6.07, 6.45) is -2.25. The van der Waals surface area contributed by atoms with Crippen LogP contribution in [-0.4, -0.2) is 21.7 Å². The van der Waals surface area contributed by atoms with Gasteiger partial charge in [0.2, 0.25) is 0 Å². The molecule has 0 aliphatic carbocycles. The van der Waals surface area contributed by atoms with E-state index in [1.54, 1.807) is 6.07 Å². The van der Waals surface area contributed by atoms with Gasteiger partial charge in [-0.1, -0.05) is 18.5 Å². The predicted octanol–water partition coefficient (Wildman–Crippen LogP) is 5.77. The van der Waals surface area contributed by atoms with Crippen molar-refractivity contribution in [3.63, 3.8) is 0 Å². The number of nitrogens with zero attached hydrogens (tertiary/aromatic N) is 1. The quantitative estimate of drug-likeness (QED) is 0.653. The van der Waals surface area contributed by atoms with Crippen LogP contribution in [0.5, 0.6) is 0 Å². The van der Waals surface area contributed by atoms with Crippen molar-refractivity contribution in [1.82, 2.24) is 4.98 Å². The van der Waals surface area contributed by atoms with Gasteiger partial charge < -0.3 is 5.32 Å². The summed E-state index contributed by atoms with van der Waals surface area (Å²) in [5.41, 5.74) is -0.897. The smallest absolute Gasteiger partial charge is 0.321 e. The second kappa shape index (κ2) is 7.75. The Morgan fingerprint density at radius 1 is 1.32 bits per heavy atom. The number of carbonyl (C=O) groups excluding carboxylic acids is 1. The van der Waals surface area contributed by atoms with E-state index in [4.69, 9.17) is 17.0 Å². The molecule has 2 aromatic rings. The molecule has 1 aliphatic heterocycles. The number of aromatic nitrogens is 1. The van der Waals surface area contributed by atoms with Gasteiger partial charge in [0.15, 0.2) is 0 Å². The molecular formula is C19H17ClF3N3OS. The molecule has 0 spiro atoms. The molecule has 3 rings (SSSR count). The van der Waals surface area contributed by atoms with Crippen molar-refractivity contribution < 1.29 is 18.0 Å². The van der Waals surface area contributed by atoms with Crippen molar-refractivity contribution in [3.05, 3.63) is 58.4 Å². The zero-order valence-corrected chi connectivity index (χ0v) is 16.4. The van der Waals surface area contributed by atoms with Gasteiger partial charge in [-0.15, -0.1) is 11.8 Å². The molecule has 4 nitrogen and oxygen atoms in total. The molecule has 0 bridgehead atoms. The Hall–Kier alpha value is -2.06. The highest BCUT2D eigenvalue weighted by atomic mass is 35.5. The number of halogens is 4. The van der Waals surface area contributed by atoms with E-state index in [-0.39, 0.29) is 11.4 Å². The zero-order valence-electron chi connectivity index (χ0n) is 14.9. The topological polar surface area (TPSA) is 65.8 Å². The third-order valence-electron chi connectivity index (χ3n) is 4.66. The lowest BCUT2D eigenvalue weighted by Gasteiger charge is -2.34. The van der Waals surface area contributed by atoms with Gasteiger partial charge in [-0.2, -0.15) is 13.2 Å². The summed E-state index contributed by atoms with van der Waals surface area (Å²) in [7, 11) is 0. The van der Waals surface area contributed by atoms with Crippen LogP contribution in [0.2, 0.25) is 5.02 Å². The van der Waals surface area contributed by atoms with E-state index < -0.39 is 23.1 Å². The molecule has 9 heteroatoms. The van der Waals surface area contributed by atoms with Crippen LogP contribution in [0.25, 0.3) is 0 Å². The molecule has 1 aromatic heterocycles. The van der Waals surface area contributed by atoms with Crippen molar-refractivity contribution >= 4 is 40.0 Å². The maximum Gasteiger partial charge on any atom is 0.416 e. The Bertz CT molecular complexity index is 918. The second-order valence-electron chi connectivity index (χ2n) is 6.87. The zero-order chi connectivity index (χ0) is 20.5. The summed E-state index contributed by atoms with van der Waals surface area (Å²) in [4.78, 5) is 16.3. The lowest BCUT2D eigenvalue weighted by molar-refractivity contribution is -0.137. The van der Waals surface area contributed by atoms with Crippen LogP contribution >= 0.6 is 23.4 Å². The lowest BCUT2D eigenvalue weighted by Crippen LogP contribution is -2.30. The lowest BCUT2D eigenvalue weighted by atomic mass is 9.76. The van der Waals surface area contributed by atoms with Gasteiger partial charge in [-0.05, 0) is 53.5 Å². The number of benzene rings is 1. The van der Waals surface area contributed by atoms with Gasteiger partial charge in [0.1, 0.15) is 5.69 Å². The van der Waals surface area contributed by atoms with Gasteiger partial charge in [-0.3, -0.25) is 10.2 Å². The normalized spacial score (nSPS) is 20.1. The first-order valence-corrected chi connectivity index (χ1v) is 9.79. The molecule has 28 heavy (non-hydrogen) atoms. The number of nitrogens with one attached hydrogen (secondary N) is 2. The van der Waals surface area contributed by atoms with Gasteiger partial charge in [0.05, 0.1) is 15.6 Å². The molecule has 2 heterocycles. The molecule has 1 atom stereocenters. The van der Waals surface area contributed by atoms with Crippen LogP contribution in [-0.2, 0) is 11.6 Å². The maximum absolute atomic E-state index is 13.4. The SMILES string of the molecule is CC1(c2cc(NC(=O)c3ccc(Cl)cn3)cc(C(F)(F)F)c2)CCSC(=N)C1. The van der Waals surface area contributed by atoms with E-state index >= 15 is 0 Å². The molecular weight excluding hydrogens is 411 g/mol. The molecule has 1 saturated heterocycles. The molecule has 1 unspecified atom stereocenters. The van der Waals surface area contributed by atoms with Crippen molar-refractivity contribution in [3.8, 4) is 0 Å². The third-order valence-corrected chi connectivity index (χ3v) is 5.78. The van der Waals surface area contributed by atoms with Crippen LogP contribution in [0.1, 0.15) is 41.4 Å². The minimum absolute atomic E-state index is 0.0394. The van der Waals surface area contributed by atoms with Gasteiger partial charge >= 0.3 is 6.18 Å². The van der Waals surface area contributed by atoms with E-state index in [9.17, 15) is 18.0 Å². The molecule has 148 valence electrons. The molecule has 2 N–H and O–H groups in total. The fraction of sp³-hybridized carbons (Fsp3) is 0.316. The first kappa shape index (κ1) is 20.7. The fourth-order valence-electron chi connectivity index (χ4n) is 3.06. The highest BCUT2D eigenvalue weighted by Crippen LogP contribution is 2.42. The molecule has 1 aromatic carbocycles. The standard InChI is InChI=1S/C19H17ClF3N3OS/c1-18(4-5-28-16(24)9-18)11-6-12(19(21,22)23)8-14(7-11)26-17(27)15-3-2-13(20)10-25-15/h2-3,6-8,10,24H,4-5,9H2,1H3,(H,26,27). The Morgan fingerprint density at radius 3 is 2.68 bits per heavy atom. The Morgan fingerprint density at radius 2 is 2.07 bits per heavy atom. The van der Waals surface area contributed by atoms with Crippen LogP contribution in [0.4, 0.5) is 18.9 Å². The summed E-state index contributed by atoms with van der Waals surface area (Å²) in [6, 6.07) is 6.44. The summed E-state index contributed by atoms with van der Waals surface area (Å²) < 4.78 is 40.3. The van der Waals surface area contributed by atoms with Gasteiger partial charge in [-0.25, -0.2) is 4.98 Å². The van der Waals surface area contributed by atoms with E-state index in [1.165, 1.54) is 30.1 Å². The van der Waals surface area contributed by atoms with Crippen LogP contribution < -0.4 is 5.32 Å². The monoisotopic (exact) mass is 427 g/mol. The Balaban J connectivity index is 1.97. The number of hydrogen-bond acceptors (Lipinski definition) is 4. The van der Waals surface area contributed by atoms with Crippen LogP contribution in [0.15, 0.2) is 36.5 Å². The highest BCUT2D eigenvalue weighted by Gasteiger charge is 2.36. The van der Waals surface area contributed by atoms with Crippen LogP contribution in [0.3, 0.4) is 0 Å². The number of rotatable bonds is 3. The number of alkyl halides is 3. The summed E-state index contributed by atoms with van der Waals surface area (Å²) in [5, 5.41) is 11.2. The number of pyridine rings is 1. The van der Waals surface area contributed by atoms with E-state index in [0.717, 1.165) is 12.1 Å². The largest absolute Gasteiger partial charge is 0.416 e. The summed E-state index contributed by atoms with van der Waals surface area (Å²) in [5.74, 6) is 0.0427. The minimum Gasteiger partial charge on any atom is -0.321 e. The first-order chi connectivity index (χ1) is 13.1. The summed E-state index contributed by atoms with van der Waals surface area (Å²) in [6.45, 7) is 1.85. The number of anilines is 1. The number of amides is 1. The molecule has 0 radical (unpaired) electrons. The average molecular weight is 428 g/mol. The third kappa shape index (κ3) is 4.67. The first-order valence-electron chi connectivity index (χ1n) is 8.43. The molecule has 1 aliphatic rings. The van der Waals surface area contributed by atoms with Gasteiger partial charge in [0, 0.05) is 18.3 Å². The fourth-order valence-corrected chi connectivity index (χ4v) is 4.39. The Kier molecular flexibility index (Phi) is 5.72. The number of carbonyl (C=O) groups is 1. The van der Waals surface area contributed by atoms with Crippen molar-refractivity contribution in [2.75, 3.05) is 11.1 Å². The predicted molar refractivity (Wildman–Crippen MR) is 105 cm³/mol. The van der Waals surface area contributed by atoms with Crippen molar-refractivity contribution in [1.29, 1.82) is 5.41 Å². The average Bonchev–Trinajstić information content (AvgIpc) is 2.61. The van der Waals surface area contributed by atoms with Crippen molar-refractivity contribution in [2.24, 2.45) is 0 Å². The maximum atomic E-state index is 13.4. The minimum atomic E-state index is -4.55. The molecule has 1 fully saturated rings. The van der Waals surface area contributed by atoms with Crippen molar-refractivity contribution in [2.45, 2.75) is 31.4 Å². The van der Waals surface area contributed by atoms with E-state index in [0.29, 0.717) is 34.2 Å². The van der Waals surface area contributed by atoms with E-state index in [2.05, 4.69) is 10.3 Å². The van der Waals surface area contributed by atoms with Gasteiger partial charge in [0.25, 0.3) is 5.91 Å². The second-order valence-corrected chi connectivity index (χ2v) is 8.50. The van der Waals surface area contributed by atoms with E-state index in [1.807, 2.05) is 6.92 Å². The number of thioether (sulfide) groups is 1. The molecule has 0 saturated carbocycles. The Labute approximate surface area is 169 Å². The summed E-state index contributed by atoms with van der Waals surface area (Å²) >= 11 is 7.15. The molecule has 1 amide bonds. The highest BCUT2D eigenvalue weighted by molar-refractivity contribution is 8.13. The van der Waals surface area contributed by atoms with Crippen LogP contribution in [0, 0.1) is 5.41 Å².